The van der Waals surface area contributed by atoms with E-state index in [0.29, 0.717) is 103 Å². The minimum Gasteiger partial charge on any atom is -0.493 e. The molecule has 0 radical (unpaired) electrons. The summed E-state index contributed by atoms with van der Waals surface area (Å²) in [6.45, 7) is 20.8. The molecule has 372 valence electrons. The molecule has 0 aliphatic carbocycles. The summed E-state index contributed by atoms with van der Waals surface area (Å²) in [6.07, 6.45) is 4.17. The summed E-state index contributed by atoms with van der Waals surface area (Å²) in [7, 11) is 3.70. The van der Waals surface area contributed by atoms with Gasteiger partial charge in [-0.15, -0.1) is 0 Å². The maximum atomic E-state index is 14.5. The van der Waals surface area contributed by atoms with Crippen LogP contribution >= 0.6 is 21.6 Å². The summed E-state index contributed by atoms with van der Waals surface area (Å²) < 4.78 is 35.8. The van der Waals surface area contributed by atoms with E-state index in [1.165, 1.54) is 48.1 Å². The second-order valence-electron chi connectivity index (χ2n) is 18.8. The van der Waals surface area contributed by atoms with Crippen molar-refractivity contribution in [3.63, 3.8) is 0 Å². The molecule has 3 aromatic rings. The van der Waals surface area contributed by atoms with Crippen LogP contribution in [0.15, 0.2) is 71.9 Å². The second kappa shape index (κ2) is 23.4. The van der Waals surface area contributed by atoms with E-state index in [2.05, 4.69) is 57.3 Å². The minimum absolute atomic E-state index is 0.0218. The molecule has 0 spiro atoms. The fourth-order valence-corrected chi connectivity index (χ4v) is 10.8. The number of aromatic nitrogens is 1. The maximum Gasteiger partial charge on any atom is 0.411 e. The van der Waals surface area contributed by atoms with E-state index in [1.807, 2.05) is 0 Å². The molecule has 1 aromatic heterocycles. The number of methoxy groups -OCH3 is 2. The van der Waals surface area contributed by atoms with Crippen LogP contribution in [0.4, 0.5) is 16.2 Å². The molecule has 4 heterocycles. The predicted octanol–water partition coefficient (Wildman–Crippen LogP) is 9.70. The van der Waals surface area contributed by atoms with E-state index < -0.39 is 25.4 Å². The van der Waals surface area contributed by atoms with Crippen LogP contribution in [0.3, 0.4) is 0 Å². The Morgan fingerprint density at radius 1 is 0.913 bits per heavy atom. The Hall–Kier alpha value is -5.57. The Kier molecular flexibility index (Phi) is 17.9. The highest BCUT2D eigenvalue weighted by Gasteiger charge is 2.42. The number of ether oxygens (including phenoxy) is 5. The van der Waals surface area contributed by atoms with Crippen molar-refractivity contribution >= 4 is 65.0 Å². The number of pyridine rings is 1. The van der Waals surface area contributed by atoms with Crippen molar-refractivity contribution < 1.29 is 52.2 Å². The van der Waals surface area contributed by atoms with E-state index in [9.17, 15) is 29.3 Å². The summed E-state index contributed by atoms with van der Waals surface area (Å²) in [6, 6.07) is 8.76. The molecule has 6 rings (SSSR count). The number of hydrogen-bond acceptors (Lipinski definition) is 15. The highest BCUT2D eigenvalue weighted by atomic mass is 33.1. The standard InChI is InChI=1S/C49H63N5O12S2Si/c1-31-20-35(30-66-69(8,9)49(3,4)5)52(28-31)47(57)37-25-42(62-7)44(26-38(37)51-48(58)65-18-13-19-67-68-45-15-14-34(27-50-45)54(59)60)64-17-12-10-11-16-63-43-23-33-22-40(55)39-21-32(2)29-53(39)46(56)36(33)24-41(43)61-6/h14-15,23-27,35,39H,1-2,10-13,16-22,28-30H2,3-9H3,(H,51,58)/t35-,39-/m0/s1. The van der Waals surface area contributed by atoms with Gasteiger partial charge in [-0.2, -0.15) is 0 Å². The molecule has 2 fully saturated rings. The Bertz CT molecular complexity index is 2430. The molecule has 0 bridgehead atoms. The number of nitrogens with one attached hydrogen (secondary N) is 1. The number of amides is 3. The fraction of sp³-hybridized carbons (Fsp3) is 0.490. The third kappa shape index (κ3) is 13.4. The minimum atomic E-state index is -2.14. The summed E-state index contributed by atoms with van der Waals surface area (Å²) in [4.78, 5) is 72.2. The lowest BCUT2D eigenvalue weighted by Gasteiger charge is -2.38. The number of benzene rings is 2. The van der Waals surface area contributed by atoms with Crippen LogP contribution in [0, 0.1) is 10.1 Å². The summed E-state index contributed by atoms with van der Waals surface area (Å²) in [5.74, 6) is 1.54. The topological polar surface area (TPSA) is 198 Å². The lowest BCUT2D eigenvalue weighted by atomic mass is 9.99. The van der Waals surface area contributed by atoms with Crippen molar-refractivity contribution in [3.8, 4) is 23.0 Å². The number of Topliss-reactive ketones (excluding diaryl/α,β-unsaturated/α-hetero) is 1. The van der Waals surface area contributed by atoms with Crippen molar-refractivity contribution in [2.75, 3.05) is 64.8 Å². The van der Waals surface area contributed by atoms with Crippen molar-refractivity contribution in [2.45, 2.75) is 101 Å². The number of carbonyl (C=O) groups excluding carboxylic acids is 4. The number of nitro groups is 1. The van der Waals surface area contributed by atoms with E-state index >= 15 is 0 Å². The lowest BCUT2D eigenvalue weighted by molar-refractivity contribution is -0.385. The first-order chi connectivity index (χ1) is 32.8. The third-order valence-corrected chi connectivity index (χ3v) is 19.5. The van der Waals surface area contributed by atoms with Gasteiger partial charge in [-0.3, -0.25) is 29.8 Å². The van der Waals surface area contributed by atoms with Crippen molar-refractivity contribution in [1.29, 1.82) is 0 Å². The Morgan fingerprint density at radius 3 is 2.25 bits per heavy atom. The van der Waals surface area contributed by atoms with Gasteiger partial charge in [0.05, 0.1) is 68.9 Å². The van der Waals surface area contributed by atoms with Gasteiger partial charge in [0.15, 0.2) is 37.1 Å². The predicted molar refractivity (Wildman–Crippen MR) is 269 cm³/mol. The Morgan fingerprint density at radius 2 is 1.59 bits per heavy atom. The van der Waals surface area contributed by atoms with Crippen LogP contribution in [-0.4, -0.2) is 123 Å². The molecule has 2 aromatic carbocycles. The molecular formula is C49H63N5O12S2Si. The maximum absolute atomic E-state index is 14.5. The third-order valence-electron chi connectivity index (χ3n) is 12.7. The van der Waals surface area contributed by atoms with Crippen molar-refractivity contribution in [3.05, 3.63) is 93.7 Å². The van der Waals surface area contributed by atoms with Crippen molar-refractivity contribution in [1.82, 2.24) is 14.8 Å². The van der Waals surface area contributed by atoms with Gasteiger partial charge in [-0.05, 0) is 97.3 Å². The molecule has 3 aliphatic rings. The van der Waals surface area contributed by atoms with Gasteiger partial charge in [-0.1, -0.05) is 55.9 Å². The van der Waals surface area contributed by atoms with Crippen LogP contribution in [0.1, 0.15) is 85.6 Å². The number of hydrogen-bond donors (Lipinski definition) is 1. The molecule has 69 heavy (non-hydrogen) atoms. The van der Waals surface area contributed by atoms with Gasteiger partial charge < -0.3 is 37.9 Å². The van der Waals surface area contributed by atoms with Crippen LogP contribution in [0.2, 0.25) is 18.1 Å². The molecule has 2 atom stereocenters. The highest BCUT2D eigenvalue weighted by Crippen LogP contribution is 2.40. The molecule has 20 heteroatoms. The average molecular weight is 1010 g/mol. The Labute approximate surface area is 412 Å². The normalized spacial score (nSPS) is 17.0. The molecule has 3 aliphatic heterocycles. The number of rotatable bonds is 22. The largest absolute Gasteiger partial charge is 0.493 e. The lowest BCUT2D eigenvalue weighted by Crippen LogP contribution is -2.46. The van der Waals surface area contributed by atoms with E-state index in [4.69, 9.17) is 28.1 Å². The van der Waals surface area contributed by atoms with Gasteiger partial charge in [0, 0.05) is 43.0 Å². The molecule has 3 amide bonds. The molecule has 1 N–H and O–H groups in total. The number of ketones is 1. The number of fused-ring (bicyclic) bond motifs is 2. The highest BCUT2D eigenvalue weighted by molar-refractivity contribution is 8.76. The van der Waals surface area contributed by atoms with Gasteiger partial charge in [0.2, 0.25) is 0 Å². The average Bonchev–Trinajstić information content (AvgIpc) is 3.87. The van der Waals surface area contributed by atoms with Crippen LogP contribution < -0.4 is 24.3 Å². The SMILES string of the molecule is C=C1C[C@@H](CO[Si](C)(C)C(C)(C)C)N(C(=O)c2cc(OC)c(OCCCCCOc3cc4c(cc3OC)C(=O)N3CC(=C)C[C@H]3C(=O)C4)cc2NC(=O)OCCCSSc2ccc([N+](=O)[O-])cn2)C1. The van der Waals surface area contributed by atoms with E-state index in [1.54, 1.807) is 40.1 Å². The summed E-state index contributed by atoms with van der Waals surface area (Å²) in [5.41, 5.74) is 3.11. The molecule has 17 nitrogen and oxygen atoms in total. The monoisotopic (exact) mass is 1010 g/mol. The van der Waals surface area contributed by atoms with Crippen molar-refractivity contribution in [2.24, 2.45) is 0 Å². The van der Waals surface area contributed by atoms with Gasteiger partial charge >= 0.3 is 6.09 Å². The summed E-state index contributed by atoms with van der Waals surface area (Å²) >= 11 is 0. The van der Waals surface area contributed by atoms with Crippen LogP contribution in [-0.2, 0) is 20.4 Å². The smallest absolute Gasteiger partial charge is 0.411 e. The molecule has 0 saturated carbocycles. The second-order valence-corrected chi connectivity index (χ2v) is 26.0. The first-order valence-corrected chi connectivity index (χ1v) is 28.2. The molecule has 2 saturated heterocycles. The zero-order valence-electron chi connectivity index (χ0n) is 40.5. The van der Waals surface area contributed by atoms with Gasteiger partial charge in [0.1, 0.15) is 11.2 Å². The molecular weight excluding hydrogens is 943 g/mol. The van der Waals surface area contributed by atoms with E-state index in [-0.39, 0.29) is 65.3 Å². The fourth-order valence-electron chi connectivity index (χ4n) is 7.84. The summed E-state index contributed by atoms with van der Waals surface area (Å²) in [5, 5.41) is 14.3. The number of nitrogens with zero attached hydrogens (tertiary/aromatic N) is 4. The molecule has 0 unspecified atom stereocenters. The van der Waals surface area contributed by atoms with Gasteiger partial charge in [0.25, 0.3) is 17.5 Å². The van der Waals surface area contributed by atoms with Crippen LogP contribution in [0.25, 0.3) is 0 Å². The number of unbranched alkanes of at least 4 members (excludes halogenated alkanes) is 2. The van der Waals surface area contributed by atoms with Gasteiger partial charge in [-0.25, -0.2) is 9.78 Å². The quantitative estimate of drug-likeness (QED) is 0.0249. The van der Waals surface area contributed by atoms with E-state index in [0.717, 1.165) is 17.6 Å². The zero-order valence-corrected chi connectivity index (χ0v) is 43.1. The first kappa shape index (κ1) is 52.8. The van der Waals surface area contributed by atoms with Crippen LogP contribution in [0.5, 0.6) is 23.0 Å². The number of anilines is 1. The zero-order chi connectivity index (χ0) is 50.0. The first-order valence-electron chi connectivity index (χ1n) is 22.9. The Balaban J connectivity index is 1.08. The number of likely N-dealkylation sites (tertiary alicyclic amines) is 1. The number of carbonyl (C=O) groups is 4.